The van der Waals surface area contributed by atoms with Crippen LogP contribution < -0.4 is 9.47 Å². The highest BCUT2D eigenvalue weighted by atomic mass is 16.5. The molecule has 1 aliphatic rings. The lowest BCUT2D eigenvalue weighted by Gasteiger charge is -2.28. The third kappa shape index (κ3) is 3.06. The lowest BCUT2D eigenvalue weighted by atomic mass is 9.82. The van der Waals surface area contributed by atoms with Crippen molar-refractivity contribution in [2.75, 3.05) is 7.11 Å². The zero-order chi connectivity index (χ0) is 21.5. The lowest BCUT2D eigenvalue weighted by Crippen LogP contribution is -2.22. The Morgan fingerprint density at radius 1 is 1.10 bits per heavy atom. The van der Waals surface area contributed by atoms with Crippen molar-refractivity contribution in [3.63, 3.8) is 0 Å². The number of carbonyl (C=O) groups excluding carboxylic acids is 1. The monoisotopic (exact) mass is 412 g/mol. The fourth-order valence-corrected chi connectivity index (χ4v) is 4.11. The SMILES string of the molecule is COc1ccccc1-c1nc2c3c(ncn2n1)OC(C)=C(C(C)=O)[C@H]3c1ccccc1. The largest absolute Gasteiger partial charge is 0.496 e. The maximum absolute atomic E-state index is 12.6. The second-order valence-electron chi connectivity index (χ2n) is 7.34. The fraction of sp³-hybridized carbons (Fsp3) is 0.167. The molecule has 3 heterocycles. The van der Waals surface area contributed by atoms with Crippen LogP contribution in [0.4, 0.5) is 0 Å². The van der Waals surface area contributed by atoms with Crippen LogP contribution in [-0.2, 0) is 4.79 Å². The van der Waals surface area contributed by atoms with E-state index in [2.05, 4.69) is 10.1 Å². The number of para-hydroxylation sites is 1. The van der Waals surface area contributed by atoms with Gasteiger partial charge in [0.2, 0.25) is 5.88 Å². The number of Topliss-reactive ketones (excluding diaryl/α,β-unsaturated/α-hetero) is 1. The highest BCUT2D eigenvalue weighted by Crippen LogP contribution is 2.44. The minimum atomic E-state index is -0.353. The van der Waals surface area contributed by atoms with E-state index >= 15 is 0 Å². The molecule has 2 aromatic carbocycles. The summed E-state index contributed by atoms with van der Waals surface area (Å²) in [5.41, 5.74) is 3.64. The van der Waals surface area contributed by atoms with E-state index in [1.807, 2.05) is 54.6 Å². The van der Waals surface area contributed by atoms with Gasteiger partial charge >= 0.3 is 0 Å². The van der Waals surface area contributed by atoms with Gasteiger partial charge in [0.05, 0.1) is 18.2 Å². The molecule has 31 heavy (non-hydrogen) atoms. The molecule has 154 valence electrons. The van der Waals surface area contributed by atoms with Crippen LogP contribution in [0.1, 0.15) is 30.9 Å². The number of hydrogen-bond acceptors (Lipinski definition) is 6. The first-order valence-electron chi connectivity index (χ1n) is 9.91. The Hall–Kier alpha value is -4.00. The van der Waals surface area contributed by atoms with Gasteiger partial charge in [0.25, 0.3) is 0 Å². The van der Waals surface area contributed by atoms with Gasteiger partial charge in [-0.05, 0) is 31.5 Å². The van der Waals surface area contributed by atoms with Crippen LogP contribution in [0.3, 0.4) is 0 Å². The molecule has 0 unspecified atom stereocenters. The zero-order valence-corrected chi connectivity index (χ0v) is 17.4. The van der Waals surface area contributed by atoms with Crippen molar-refractivity contribution in [3.8, 4) is 23.0 Å². The van der Waals surface area contributed by atoms with E-state index in [9.17, 15) is 4.79 Å². The minimum absolute atomic E-state index is 0.0523. The van der Waals surface area contributed by atoms with Crippen molar-refractivity contribution in [1.29, 1.82) is 0 Å². The summed E-state index contributed by atoms with van der Waals surface area (Å²) in [7, 11) is 1.62. The molecule has 0 fully saturated rings. The number of methoxy groups -OCH3 is 1. The molecule has 1 atom stereocenters. The first kappa shape index (κ1) is 19.0. The summed E-state index contributed by atoms with van der Waals surface area (Å²) in [4.78, 5) is 21.9. The van der Waals surface area contributed by atoms with E-state index in [1.54, 1.807) is 31.8 Å². The second kappa shape index (κ2) is 7.36. The molecule has 0 bridgehead atoms. The van der Waals surface area contributed by atoms with E-state index in [0.29, 0.717) is 34.4 Å². The molecule has 0 amide bonds. The summed E-state index contributed by atoms with van der Waals surface area (Å²) in [5.74, 6) is 1.77. The van der Waals surface area contributed by atoms with Gasteiger partial charge in [-0.3, -0.25) is 4.79 Å². The Labute approximate surface area is 179 Å². The number of hydrogen-bond donors (Lipinski definition) is 0. The molecule has 0 saturated heterocycles. The predicted octanol–water partition coefficient (Wildman–Crippen LogP) is 4.19. The normalized spacial score (nSPS) is 15.5. The average Bonchev–Trinajstić information content (AvgIpc) is 3.22. The van der Waals surface area contributed by atoms with Crippen LogP contribution in [0.15, 0.2) is 72.3 Å². The molecule has 7 heteroatoms. The Kier molecular flexibility index (Phi) is 4.51. The number of fused-ring (bicyclic) bond motifs is 3. The number of ketones is 1. The highest BCUT2D eigenvalue weighted by molar-refractivity contribution is 5.97. The van der Waals surface area contributed by atoms with Crippen molar-refractivity contribution in [1.82, 2.24) is 19.6 Å². The Morgan fingerprint density at radius 3 is 2.58 bits per heavy atom. The number of carbonyl (C=O) groups is 1. The fourth-order valence-electron chi connectivity index (χ4n) is 4.11. The Balaban J connectivity index is 1.78. The van der Waals surface area contributed by atoms with Gasteiger partial charge in [-0.15, -0.1) is 5.10 Å². The van der Waals surface area contributed by atoms with Crippen LogP contribution in [0, 0.1) is 0 Å². The van der Waals surface area contributed by atoms with Crippen LogP contribution in [0.2, 0.25) is 0 Å². The summed E-state index contributed by atoms with van der Waals surface area (Å²) in [5, 5.41) is 4.62. The van der Waals surface area contributed by atoms with Crippen molar-refractivity contribution in [2.24, 2.45) is 0 Å². The second-order valence-corrected chi connectivity index (χ2v) is 7.34. The van der Waals surface area contributed by atoms with Gasteiger partial charge in [-0.2, -0.15) is 0 Å². The van der Waals surface area contributed by atoms with E-state index < -0.39 is 0 Å². The maximum Gasteiger partial charge on any atom is 0.228 e. The summed E-state index contributed by atoms with van der Waals surface area (Å²) >= 11 is 0. The molecule has 0 spiro atoms. The van der Waals surface area contributed by atoms with E-state index in [-0.39, 0.29) is 11.7 Å². The van der Waals surface area contributed by atoms with Crippen molar-refractivity contribution >= 4 is 11.4 Å². The van der Waals surface area contributed by atoms with Gasteiger partial charge < -0.3 is 9.47 Å². The number of rotatable bonds is 4. The lowest BCUT2D eigenvalue weighted by molar-refractivity contribution is -0.114. The highest BCUT2D eigenvalue weighted by Gasteiger charge is 2.36. The smallest absolute Gasteiger partial charge is 0.228 e. The third-order valence-corrected chi connectivity index (χ3v) is 5.45. The molecular formula is C24H20N4O3. The van der Waals surface area contributed by atoms with Crippen molar-refractivity contribution in [2.45, 2.75) is 19.8 Å². The van der Waals surface area contributed by atoms with Gasteiger partial charge in [-0.1, -0.05) is 42.5 Å². The number of nitrogens with zero attached hydrogens (tertiary/aromatic N) is 4. The van der Waals surface area contributed by atoms with E-state index in [4.69, 9.17) is 14.5 Å². The minimum Gasteiger partial charge on any atom is -0.496 e. The summed E-state index contributed by atoms with van der Waals surface area (Å²) in [6, 6.07) is 17.4. The summed E-state index contributed by atoms with van der Waals surface area (Å²) in [6.45, 7) is 3.35. The van der Waals surface area contributed by atoms with Crippen molar-refractivity contribution < 1.29 is 14.3 Å². The molecule has 5 rings (SSSR count). The van der Waals surface area contributed by atoms with Crippen molar-refractivity contribution in [3.05, 3.63) is 83.4 Å². The third-order valence-electron chi connectivity index (χ3n) is 5.45. The zero-order valence-electron chi connectivity index (χ0n) is 17.4. The average molecular weight is 412 g/mol. The topological polar surface area (TPSA) is 78.6 Å². The Morgan fingerprint density at radius 2 is 1.84 bits per heavy atom. The molecule has 2 aromatic heterocycles. The van der Waals surface area contributed by atoms with Crippen LogP contribution in [0.25, 0.3) is 17.0 Å². The maximum atomic E-state index is 12.6. The standard InChI is InChI=1S/C24H20N4O3/c1-14(29)19-15(2)31-24-21(20(19)16-9-5-4-6-10-16)23-26-22(27-28(23)13-25-24)17-11-7-8-12-18(17)30-3/h4-13,20H,1-3H3/t20-/m1/s1. The summed E-state index contributed by atoms with van der Waals surface area (Å²) in [6.07, 6.45) is 1.58. The van der Waals surface area contributed by atoms with Gasteiger partial charge in [0.1, 0.15) is 17.8 Å². The number of aromatic nitrogens is 4. The molecule has 0 aliphatic carbocycles. The molecule has 1 aliphatic heterocycles. The predicted molar refractivity (Wildman–Crippen MR) is 115 cm³/mol. The number of ether oxygens (including phenoxy) is 2. The van der Waals surface area contributed by atoms with E-state index in [1.165, 1.54) is 0 Å². The van der Waals surface area contributed by atoms with Gasteiger partial charge in [0, 0.05) is 11.5 Å². The molecule has 7 nitrogen and oxygen atoms in total. The van der Waals surface area contributed by atoms with Crippen LogP contribution >= 0.6 is 0 Å². The first-order chi connectivity index (χ1) is 15.1. The van der Waals surface area contributed by atoms with Crippen LogP contribution in [0.5, 0.6) is 11.6 Å². The molecule has 0 N–H and O–H groups in total. The molecule has 0 radical (unpaired) electrons. The number of allylic oxidation sites excluding steroid dienone is 2. The summed E-state index contributed by atoms with van der Waals surface area (Å²) < 4.78 is 13.1. The molecule has 0 saturated carbocycles. The molecule has 4 aromatic rings. The number of benzene rings is 2. The van der Waals surface area contributed by atoms with Gasteiger partial charge in [-0.25, -0.2) is 14.5 Å². The Bertz CT molecular complexity index is 1340. The van der Waals surface area contributed by atoms with E-state index in [0.717, 1.165) is 16.7 Å². The van der Waals surface area contributed by atoms with Gasteiger partial charge in [0.15, 0.2) is 17.3 Å². The van der Waals surface area contributed by atoms with Crippen LogP contribution in [-0.4, -0.2) is 32.5 Å². The quantitative estimate of drug-likeness (QED) is 0.500. The molecular weight excluding hydrogens is 392 g/mol. The first-order valence-corrected chi connectivity index (χ1v) is 9.91.